The SMILES string of the molecule is Cc1cn2c(CNC3CC3c3ccccc3)c(C)nc2s1.Cl. The third-order valence-corrected chi connectivity index (χ3v) is 5.19. The van der Waals surface area contributed by atoms with Gasteiger partial charge in [-0.05, 0) is 25.8 Å². The molecule has 0 spiro atoms. The van der Waals surface area contributed by atoms with Gasteiger partial charge in [-0.3, -0.25) is 4.40 Å². The number of halogens is 1. The molecule has 0 radical (unpaired) electrons. The fourth-order valence-electron chi connectivity index (χ4n) is 3.04. The summed E-state index contributed by atoms with van der Waals surface area (Å²) in [4.78, 5) is 7.07. The van der Waals surface area contributed by atoms with Gasteiger partial charge in [-0.15, -0.1) is 23.7 Å². The van der Waals surface area contributed by atoms with E-state index < -0.39 is 0 Å². The number of rotatable bonds is 4. The molecule has 1 aliphatic rings. The van der Waals surface area contributed by atoms with Gasteiger partial charge >= 0.3 is 0 Å². The summed E-state index contributed by atoms with van der Waals surface area (Å²) in [7, 11) is 0. The van der Waals surface area contributed by atoms with Crippen molar-refractivity contribution in [2.75, 3.05) is 0 Å². The monoisotopic (exact) mass is 333 g/mol. The van der Waals surface area contributed by atoms with Gasteiger partial charge in [0.05, 0.1) is 11.4 Å². The van der Waals surface area contributed by atoms with E-state index >= 15 is 0 Å². The van der Waals surface area contributed by atoms with Crippen molar-refractivity contribution < 1.29 is 0 Å². The van der Waals surface area contributed by atoms with Crippen molar-refractivity contribution in [3.63, 3.8) is 0 Å². The molecule has 1 aliphatic carbocycles. The first kappa shape index (κ1) is 15.5. The van der Waals surface area contributed by atoms with Gasteiger partial charge in [0.15, 0.2) is 4.96 Å². The van der Waals surface area contributed by atoms with Gasteiger partial charge in [0.25, 0.3) is 0 Å². The summed E-state index contributed by atoms with van der Waals surface area (Å²) >= 11 is 1.76. The molecule has 1 aromatic carbocycles. The lowest BCUT2D eigenvalue weighted by molar-refractivity contribution is 0.654. The smallest absolute Gasteiger partial charge is 0.194 e. The predicted octanol–water partition coefficient (Wildman–Crippen LogP) is 4.08. The lowest BCUT2D eigenvalue weighted by atomic mass is 10.1. The number of benzene rings is 1. The maximum Gasteiger partial charge on any atom is 0.194 e. The number of hydrogen-bond donors (Lipinski definition) is 1. The molecule has 5 heteroatoms. The first-order valence-electron chi connectivity index (χ1n) is 7.44. The molecule has 2 atom stereocenters. The number of aromatic nitrogens is 2. The fraction of sp³-hybridized carbons (Fsp3) is 0.353. The van der Waals surface area contributed by atoms with Crippen LogP contribution in [0, 0.1) is 13.8 Å². The second-order valence-electron chi connectivity index (χ2n) is 5.88. The van der Waals surface area contributed by atoms with Crippen molar-refractivity contribution in [2.24, 2.45) is 0 Å². The summed E-state index contributed by atoms with van der Waals surface area (Å²) in [5, 5.41) is 3.69. The molecule has 116 valence electrons. The predicted molar refractivity (Wildman–Crippen MR) is 94.2 cm³/mol. The summed E-state index contributed by atoms with van der Waals surface area (Å²) in [6.45, 7) is 5.14. The van der Waals surface area contributed by atoms with E-state index in [-0.39, 0.29) is 12.4 Å². The molecule has 1 N–H and O–H groups in total. The van der Waals surface area contributed by atoms with E-state index in [0.717, 1.165) is 17.2 Å². The second kappa shape index (κ2) is 6.03. The van der Waals surface area contributed by atoms with Crippen LogP contribution < -0.4 is 5.32 Å². The molecule has 0 amide bonds. The van der Waals surface area contributed by atoms with Crippen LogP contribution in [0.4, 0.5) is 0 Å². The molecule has 0 aliphatic heterocycles. The average molecular weight is 334 g/mol. The zero-order chi connectivity index (χ0) is 14.4. The molecule has 1 fully saturated rings. The third-order valence-electron chi connectivity index (χ3n) is 4.29. The van der Waals surface area contributed by atoms with Gasteiger partial charge in [-0.1, -0.05) is 30.3 Å². The number of imidazole rings is 1. The highest BCUT2D eigenvalue weighted by Crippen LogP contribution is 2.40. The summed E-state index contributed by atoms with van der Waals surface area (Å²) < 4.78 is 2.24. The van der Waals surface area contributed by atoms with Gasteiger partial charge in [0.2, 0.25) is 0 Å². The van der Waals surface area contributed by atoms with Crippen LogP contribution in [0.1, 0.15) is 34.2 Å². The minimum absolute atomic E-state index is 0. The Balaban J connectivity index is 0.00000144. The van der Waals surface area contributed by atoms with Crippen LogP contribution in [0.2, 0.25) is 0 Å². The summed E-state index contributed by atoms with van der Waals surface area (Å²) in [6, 6.07) is 11.4. The van der Waals surface area contributed by atoms with Gasteiger partial charge in [0.1, 0.15) is 0 Å². The highest BCUT2D eigenvalue weighted by molar-refractivity contribution is 7.17. The van der Waals surface area contributed by atoms with E-state index in [2.05, 4.69) is 65.1 Å². The Morgan fingerprint density at radius 2 is 2.05 bits per heavy atom. The summed E-state index contributed by atoms with van der Waals surface area (Å²) in [6.07, 6.45) is 3.44. The van der Waals surface area contributed by atoms with Gasteiger partial charge in [-0.25, -0.2) is 4.98 Å². The molecular formula is C17H20ClN3S. The van der Waals surface area contributed by atoms with E-state index in [1.54, 1.807) is 11.3 Å². The van der Waals surface area contributed by atoms with Gasteiger partial charge in [-0.2, -0.15) is 0 Å². The average Bonchev–Trinajstić information content (AvgIpc) is 3.09. The molecule has 1 saturated carbocycles. The van der Waals surface area contributed by atoms with Crippen molar-refractivity contribution in [1.82, 2.24) is 14.7 Å². The minimum atomic E-state index is 0. The molecule has 3 aromatic rings. The molecule has 2 aromatic heterocycles. The molecule has 22 heavy (non-hydrogen) atoms. The van der Waals surface area contributed by atoms with E-state index in [4.69, 9.17) is 0 Å². The van der Waals surface area contributed by atoms with Gasteiger partial charge in [0, 0.05) is 29.6 Å². The zero-order valence-electron chi connectivity index (χ0n) is 12.7. The van der Waals surface area contributed by atoms with Crippen LogP contribution >= 0.6 is 23.7 Å². The largest absolute Gasteiger partial charge is 0.308 e. The van der Waals surface area contributed by atoms with Crippen molar-refractivity contribution in [3.8, 4) is 0 Å². The standard InChI is InChI=1S/C17H19N3S.ClH/c1-11-10-20-16(12(2)19-17(20)21-11)9-18-15-8-14(15)13-6-4-3-5-7-13;/h3-7,10,14-15,18H,8-9H2,1-2H3;1H. The summed E-state index contributed by atoms with van der Waals surface area (Å²) in [5.74, 6) is 0.680. The highest BCUT2D eigenvalue weighted by Gasteiger charge is 2.37. The Morgan fingerprint density at radius 1 is 1.27 bits per heavy atom. The maximum absolute atomic E-state index is 4.65. The second-order valence-corrected chi connectivity index (χ2v) is 7.09. The number of fused-ring (bicyclic) bond motifs is 1. The number of thiazole rings is 1. The Hall–Kier alpha value is -1.36. The van der Waals surface area contributed by atoms with Crippen molar-refractivity contribution >= 4 is 28.7 Å². The molecule has 2 heterocycles. The van der Waals surface area contributed by atoms with Crippen LogP contribution in [0.25, 0.3) is 4.96 Å². The van der Waals surface area contributed by atoms with Crippen LogP contribution in [-0.2, 0) is 6.54 Å². The number of hydrogen-bond acceptors (Lipinski definition) is 3. The number of nitrogens with zero attached hydrogens (tertiary/aromatic N) is 2. The molecule has 3 nitrogen and oxygen atoms in total. The minimum Gasteiger partial charge on any atom is -0.308 e. The zero-order valence-corrected chi connectivity index (χ0v) is 14.4. The van der Waals surface area contributed by atoms with E-state index in [1.165, 1.54) is 22.6 Å². The topological polar surface area (TPSA) is 29.3 Å². The molecule has 4 rings (SSSR count). The van der Waals surface area contributed by atoms with E-state index in [9.17, 15) is 0 Å². The Kier molecular flexibility index (Phi) is 4.26. The quantitative estimate of drug-likeness (QED) is 0.779. The third kappa shape index (κ3) is 2.78. The Bertz CT molecular complexity index is 778. The van der Waals surface area contributed by atoms with Crippen LogP contribution in [0.15, 0.2) is 36.5 Å². The summed E-state index contributed by atoms with van der Waals surface area (Å²) in [5.41, 5.74) is 3.90. The molecule has 0 saturated heterocycles. The lowest BCUT2D eigenvalue weighted by Gasteiger charge is -2.05. The first-order chi connectivity index (χ1) is 10.2. The normalized spacial score (nSPS) is 20.1. The van der Waals surface area contributed by atoms with Crippen LogP contribution in [-0.4, -0.2) is 15.4 Å². The van der Waals surface area contributed by atoms with Crippen molar-refractivity contribution in [1.29, 1.82) is 0 Å². The van der Waals surface area contributed by atoms with Crippen LogP contribution in [0.3, 0.4) is 0 Å². The number of aryl methyl sites for hydroxylation is 2. The van der Waals surface area contributed by atoms with E-state index in [0.29, 0.717) is 12.0 Å². The first-order valence-corrected chi connectivity index (χ1v) is 8.26. The van der Waals surface area contributed by atoms with Crippen LogP contribution in [0.5, 0.6) is 0 Å². The lowest BCUT2D eigenvalue weighted by Crippen LogP contribution is -2.18. The van der Waals surface area contributed by atoms with Gasteiger partial charge < -0.3 is 5.32 Å². The Labute approximate surface area is 140 Å². The fourth-order valence-corrected chi connectivity index (χ4v) is 3.93. The molecular weight excluding hydrogens is 314 g/mol. The Morgan fingerprint density at radius 3 is 2.82 bits per heavy atom. The molecule has 2 unspecified atom stereocenters. The number of nitrogens with one attached hydrogen (secondary N) is 1. The highest BCUT2D eigenvalue weighted by atomic mass is 35.5. The van der Waals surface area contributed by atoms with Crippen molar-refractivity contribution in [2.45, 2.75) is 38.8 Å². The maximum atomic E-state index is 4.65. The van der Waals surface area contributed by atoms with Crippen molar-refractivity contribution in [3.05, 3.63) is 58.4 Å². The van der Waals surface area contributed by atoms with E-state index in [1.807, 2.05) is 0 Å². The molecule has 0 bridgehead atoms.